The van der Waals surface area contributed by atoms with Gasteiger partial charge in [-0.1, -0.05) is 18.2 Å². The molecule has 1 N–H and O–H groups in total. The molecule has 0 radical (unpaired) electrons. The molecule has 0 saturated carbocycles. The van der Waals surface area contributed by atoms with Crippen LogP contribution in [0.25, 0.3) is 0 Å². The van der Waals surface area contributed by atoms with Crippen LogP contribution in [0, 0.1) is 5.82 Å². The van der Waals surface area contributed by atoms with E-state index < -0.39 is 51.0 Å². The van der Waals surface area contributed by atoms with Gasteiger partial charge in [0.1, 0.15) is 5.82 Å². The van der Waals surface area contributed by atoms with Crippen molar-refractivity contribution in [2.45, 2.75) is 50.3 Å². The van der Waals surface area contributed by atoms with Crippen molar-refractivity contribution in [3.63, 3.8) is 0 Å². The molecule has 0 spiro atoms. The van der Waals surface area contributed by atoms with Crippen LogP contribution in [0.5, 0.6) is 0 Å². The molecular formula is C18H22F5NO3S. The molecule has 4 nitrogen and oxygen atoms in total. The van der Waals surface area contributed by atoms with Crippen molar-refractivity contribution in [3.8, 4) is 0 Å². The van der Waals surface area contributed by atoms with E-state index in [9.17, 15) is 22.2 Å². The third-order valence-electron chi connectivity index (χ3n) is 3.68. The van der Waals surface area contributed by atoms with Gasteiger partial charge in [0, 0.05) is 11.6 Å². The van der Waals surface area contributed by atoms with Crippen molar-refractivity contribution in [1.82, 2.24) is 4.72 Å². The van der Waals surface area contributed by atoms with Gasteiger partial charge in [-0.05, 0) is 39.8 Å². The molecule has 0 saturated heterocycles. The van der Waals surface area contributed by atoms with Crippen molar-refractivity contribution in [2.75, 3.05) is 6.61 Å². The fourth-order valence-corrected chi connectivity index (χ4v) is 3.12. The van der Waals surface area contributed by atoms with Gasteiger partial charge in [-0.2, -0.15) is 8.78 Å². The summed E-state index contributed by atoms with van der Waals surface area (Å²) in [6.07, 6.45) is -3.71. The third kappa shape index (κ3) is 5.16. The topological polar surface area (TPSA) is 55.4 Å². The number of alkyl halides is 4. The Balaban J connectivity index is 3.67. The van der Waals surface area contributed by atoms with Crippen LogP contribution in [0.1, 0.15) is 33.3 Å². The van der Waals surface area contributed by atoms with Gasteiger partial charge in [-0.25, -0.2) is 26.9 Å². The van der Waals surface area contributed by atoms with E-state index in [1.165, 1.54) is 27.7 Å². The number of ether oxygens (including phenoxy) is 1. The van der Waals surface area contributed by atoms with Crippen LogP contribution in [0.4, 0.5) is 22.0 Å². The summed E-state index contributed by atoms with van der Waals surface area (Å²) >= 11 is 0. The zero-order valence-electron chi connectivity index (χ0n) is 15.8. The van der Waals surface area contributed by atoms with Crippen LogP contribution >= 0.6 is 0 Å². The minimum Gasteiger partial charge on any atom is -0.463 e. The lowest BCUT2D eigenvalue weighted by molar-refractivity contribution is -0.138. The maximum absolute atomic E-state index is 15.1. The van der Waals surface area contributed by atoms with Crippen molar-refractivity contribution in [3.05, 3.63) is 47.8 Å². The molecule has 0 amide bonds. The van der Waals surface area contributed by atoms with E-state index in [2.05, 4.69) is 4.74 Å². The molecule has 158 valence electrons. The van der Waals surface area contributed by atoms with E-state index in [4.69, 9.17) is 0 Å². The van der Waals surface area contributed by atoms with E-state index in [1.54, 1.807) is 4.72 Å². The quantitative estimate of drug-likeness (QED) is 0.386. The van der Waals surface area contributed by atoms with Crippen LogP contribution in [0.2, 0.25) is 0 Å². The van der Waals surface area contributed by atoms with E-state index in [-0.39, 0.29) is 18.8 Å². The summed E-state index contributed by atoms with van der Waals surface area (Å²) in [7, 11) is -2.43. The van der Waals surface area contributed by atoms with Crippen molar-refractivity contribution in [1.29, 1.82) is 0 Å². The SMILES string of the molecule is CCOC(=O)/C=C/C(F)(F)[C@](NS(=O)C(C)(C)C)(c1ccccc1F)C(F)F. The van der Waals surface area contributed by atoms with Gasteiger partial charge >= 0.3 is 5.97 Å². The second-order valence-corrected chi connectivity index (χ2v) is 8.75. The van der Waals surface area contributed by atoms with Crippen molar-refractivity contribution in [2.24, 2.45) is 0 Å². The van der Waals surface area contributed by atoms with Gasteiger partial charge in [0.15, 0.2) is 5.54 Å². The zero-order valence-corrected chi connectivity index (χ0v) is 16.6. The molecule has 0 aliphatic heterocycles. The van der Waals surface area contributed by atoms with Gasteiger partial charge in [-0.15, -0.1) is 0 Å². The number of esters is 1. The number of halogens is 5. The average Bonchev–Trinajstić information content (AvgIpc) is 2.57. The molecule has 1 aromatic rings. The molecule has 0 bridgehead atoms. The van der Waals surface area contributed by atoms with E-state index in [0.717, 1.165) is 24.3 Å². The van der Waals surface area contributed by atoms with Crippen LogP contribution in [-0.2, 0) is 26.1 Å². The molecule has 0 heterocycles. The van der Waals surface area contributed by atoms with E-state index >= 15 is 8.78 Å². The van der Waals surface area contributed by atoms with Gasteiger partial charge in [0.2, 0.25) is 0 Å². The van der Waals surface area contributed by atoms with Gasteiger partial charge in [0.25, 0.3) is 12.3 Å². The Bertz CT molecular complexity index is 749. The van der Waals surface area contributed by atoms with Crippen LogP contribution in [0.3, 0.4) is 0 Å². The van der Waals surface area contributed by atoms with E-state index in [1.807, 2.05) is 0 Å². The molecule has 1 unspecified atom stereocenters. The summed E-state index contributed by atoms with van der Waals surface area (Å²) in [6.45, 7) is 5.44. The Morgan fingerprint density at radius 1 is 1.25 bits per heavy atom. The summed E-state index contributed by atoms with van der Waals surface area (Å²) in [5.41, 5.74) is -4.78. The highest BCUT2D eigenvalue weighted by Gasteiger charge is 2.62. The first-order valence-corrected chi connectivity index (χ1v) is 9.41. The summed E-state index contributed by atoms with van der Waals surface area (Å²) in [4.78, 5) is 11.4. The number of rotatable bonds is 8. The number of hydrogen-bond acceptors (Lipinski definition) is 3. The fourth-order valence-electron chi connectivity index (χ4n) is 2.18. The third-order valence-corrected chi connectivity index (χ3v) is 5.30. The second kappa shape index (κ2) is 9.13. The van der Waals surface area contributed by atoms with Crippen LogP contribution in [-0.4, -0.2) is 33.9 Å². The Morgan fingerprint density at radius 2 is 1.82 bits per heavy atom. The van der Waals surface area contributed by atoms with Crippen LogP contribution < -0.4 is 4.72 Å². The van der Waals surface area contributed by atoms with Gasteiger partial charge in [0.05, 0.1) is 22.3 Å². The summed E-state index contributed by atoms with van der Waals surface area (Å²) in [5.74, 6) is -7.04. The zero-order chi connectivity index (χ0) is 21.8. The Labute approximate surface area is 162 Å². The first kappa shape index (κ1) is 24.2. The minimum absolute atomic E-state index is 0.101. The van der Waals surface area contributed by atoms with Crippen molar-refractivity contribution >= 4 is 17.0 Å². The predicted molar refractivity (Wildman–Crippen MR) is 95.8 cm³/mol. The highest BCUT2D eigenvalue weighted by molar-refractivity contribution is 7.84. The number of carbonyl (C=O) groups is 1. The maximum atomic E-state index is 15.1. The van der Waals surface area contributed by atoms with E-state index in [0.29, 0.717) is 0 Å². The molecular weight excluding hydrogens is 405 g/mol. The number of carbonyl (C=O) groups excluding carboxylic acids is 1. The summed E-state index contributed by atoms with van der Waals surface area (Å²) in [6, 6.07) is 3.73. The molecule has 2 atom stereocenters. The number of nitrogens with one attached hydrogen (secondary N) is 1. The monoisotopic (exact) mass is 427 g/mol. The first-order chi connectivity index (χ1) is 12.8. The largest absolute Gasteiger partial charge is 0.463 e. The molecule has 1 rings (SSSR count). The standard InChI is InChI=1S/C18H22F5NO3S/c1-5-27-14(25)10-11-17(22,23)18(15(20)21,24-28(26)16(2,3)4)12-8-6-7-9-13(12)19/h6-11,15,24H,5H2,1-4H3/b11-10+/t18-,28?/m0/s1. The first-order valence-electron chi connectivity index (χ1n) is 8.26. The normalized spacial score (nSPS) is 16.2. The number of hydrogen-bond donors (Lipinski definition) is 1. The second-order valence-electron chi connectivity index (χ2n) is 6.78. The number of benzene rings is 1. The average molecular weight is 427 g/mol. The lowest BCUT2D eigenvalue weighted by Crippen LogP contribution is -2.62. The minimum atomic E-state index is -4.52. The molecule has 0 fully saturated rings. The summed E-state index contributed by atoms with van der Waals surface area (Å²) < 4.78 is 90.2. The molecule has 28 heavy (non-hydrogen) atoms. The molecule has 1 aromatic carbocycles. The Morgan fingerprint density at radius 3 is 2.29 bits per heavy atom. The lowest BCUT2D eigenvalue weighted by atomic mass is 9.84. The Kier molecular flexibility index (Phi) is 7.90. The fraction of sp³-hybridized carbons (Fsp3) is 0.500. The highest BCUT2D eigenvalue weighted by Crippen LogP contribution is 2.45. The highest BCUT2D eigenvalue weighted by atomic mass is 32.2. The molecule has 0 aromatic heterocycles. The van der Waals surface area contributed by atoms with Crippen LogP contribution in [0.15, 0.2) is 36.4 Å². The molecule has 10 heteroatoms. The van der Waals surface area contributed by atoms with Gasteiger partial charge < -0.3 is 4.74 Å². The predicted octanol–water partition coefficient (Wildman–Crippen LogP) is 4.09. The summed E-state index contributed by atoms with van der Waals surface area (Å²) in [5, 5.41) is 0. The lowest BCUT2D eigenvalue weighted by Gasteiger charge is -2.40. The maximum Gasteiger partial charge on any atom is 0.330 e. The van der Waals surface area contributed by atoms with Gasteiger partial charge in [-0.3, -0.25) is 0 Å². The Hall–Kier alpha value is -1.81. The van der Waals surface area contributed by atoms with Crippen molar-refractivity contribution < 1.29 is 35.7 Å². The molecule has 0 aliphatic rings. The molecule has 0 aliphatic carbocycles. The smallest absolute Gasteiger partial charge is 0.330 e.